The van der Waals surface area contributed by atoms with Crippen LogP contribution in [0.2, 0.25) is 0 Å². The number of carboxylic acid groups (broad SMARTS) is 1. The highest BCUT2D eigenvalue weighted by atomic mass is 19.1. The van der Waals surface area contributed by atoms with E-state index in [4.69, 9.17) is 5.11 Å². The maximum absolute atomic E-state index is 12.9. The van der Waals surface area contributed by atoms with E-state index >= 15 is 0 Å². The minimum Gasteiger partial charge on any atom is -0.476 e. The Morgan fingerprint density at radius 3 is 2.56 bits per heavy atom. The zero-order chi connectivity index (χ0) is 17.8. The number of nitrogens with zero attached hydrogens (tertiary/aromatic N) is 5. The highest BCUT2D eigenvalue weighted by Crippen LogP contribution is 2.06. The van der Waals surface area contributed by atoms with Gasteiger partial charge in [-0.2, -0.15) is 5.10 Å². The molecule has 3 rings (SSSR count). The van der Waals surface area contributed by atoms with E-state index in [0.29, 0.717) is 6.54 Å². The van der Waals surface area contributed by atoms with Gasteiger partial charge in [-0.15, -0.1) is 5.10 Å². The van der Waals surface area contributed by atoms with Gasteiger partial charge in [0.2, 0.25) is 11.9 Å². The lowest BCUT2D eigenvalue weighted by Gasteiger charge is -2.02. The number of aromatic nitrogens is 5. The van der Waals surface area contributed by atoms with Crippen molar-refractivity contribution in [1.82, 2.24) is 24.5 Å². The highest BCUT2D eigenvalue weighted by molar-refractivity contribution is 5.89. The third kappa shape index (κ3) is 4.25. The molecule has 0 radical (unpaired) electrons. The Labute approximate surface area is 140 Å². The molecular formula is C15H13FN6O3. The summed E-state index contributed by atoms with van der Waals surface area (Å²) in [5, 5.41) is 19.1. The van der Waals surface area contributed by atoms with E-state index in [1.165, 1.54) is 40.1 Å². The Hall–Kier alpha value is -3.56. The van der Waals surface area contributed by atoms with Crippen LogP contribution in [0.3, 0.4) is 0 Å². The summed E-state index contributed by atoms with van der Waals surface area (Å²) in [5.74, 6) is -1.82. The summed E-state index contributed by atoms with van der Waals surface area (Å²) in [6.07, 6.45) is 2.83. The second-order valence-electron chi connectivity index (χ2n) is 5.14. The molecule has 2 heterocycles. The highest BCUT2D eigenvalue weighted by Gasteiger charge is 2.11. The molecule has 0 saturated carbocycles. The van der Waals surface area contributed by atoms with Crippen LogP contribution < -0.4 is 5.32 Å². The number of anilines is 1. The molecule has 2 N–H and O–H groups in total. The van der Waals surface area contributed by atoms with E-state index in [9.17, 15) is 14.0 Å². The second-order valence-corrected chi connectivity index (χ2v) is 5.14. The molecule has 0 unspecified atom stereocenters. The Kier molecular flexibility index (Phi) is 4.50. The fourth-order valence-corrected chi connectivity index (χ4v) is 2.08. The Morgan fingerprint density at radius 1 is 1.12 bits per heavy atom. The van der Waals surface area contributed by atoms with Gasteiger partial charge in [-0.3, -0.25) is 14.8 Å². The first kappa shape index (κ1) is 16.3. The van der Waals surface area contributed by atoms with E-state index in [-0.39, 0.29) is 24.0 Å². The first-order valence-electron chi connectivity index (χ1n) is 7.20. The van der Waals surface area contributed by atoms with Crippen molar-refractivity contribution in [2.45, 2.75) is 13.1 Å². The van der Waals surface area contributed by atoms with Crippen LogP contribution in [0, 0.1) is 5.82 Å². The molecule has 9 nitrogen and oxygen atoms in total. The van der Waals surface area contributed by atoms with Crippen molar-refractivity contribution in [3.8, 4) is 0 Å². The molecular weight excluding hydrogens is 331 g/mol. The van der Waals surface area contributed by atoms with Crippen LogP contribution in [0.4, 0.5) is 10.3 Å². The standard InChI is InChI=1S/C15H13FN6O3/c16-11-3-1-10(2-4-11)7-22-9-17-15(20-22)18-13(23)8-21-6-5-12(19-21)14(24)25/h1-6,9H,7-8H2,(H,24,25)(H,18,20,23). The minimum absolute atomic E-state index is 0.109. The number of carboxylic acids is 1. The van der Waals surface area contributed by atoms with E-state index < -0.39 is 11.9 Å². The molecule has 128 valence electrons. The number of benzene rings is 1. The average molecular weight is 344 g/mol. The van der Waals surface area contributed by atoms with E-state index in [1.807, 2.05) is 0 Å². The van der Waals surface area contributed by atoms with Gasteiger partial charge in [0.1, 0.15) is 18.7 Å². The van der Waals surface area contributed by atoms with Crippen molar-refractivity contribution < 1.29 is 19.1 Å². The van der Waals surface area contributed by atoms with Gasteiger partial charge in [-0.05, 0) is 23.8 Å². The van der Waals surface area contributed by atoms with Gasteiger partial charge in [0.15, 0.2) is 5.69 Å². The zero-order valence-corrected chi connectivity index (χ0v) is 12.8. The number of carbonyl (C=O) groups is 2. The largest absolute Gasteiger partial charge is 0.476 e. The van der Waals surface area contributed by atoms with Gasteiger partial charge >= 0.3 is 5.97 Å². The summed E-state index contributed by atoms with van der Waals surface area (Å²) in [6.45, 7) is 0.212. The van der Waals surface area contributed by atoms with Crippen molar-refractivity contribution >= 4 is 17.8 Å². The van der Waals surface area contributed by atoms with Gasteiger partial charge in [0, 0.05) is 6.20 Å². The van der Waals surface area contributed by atoms with Crippen LogP contribution in [0.25, 0.3) is 0 Å². The smallest absolute Gasteiger partial charge is 0.356 e. The lowest BCUT2D eigenvalue weighted by molar-refractivity contribution is -0.117. The number of carbonyl (C=O) groups excluding carboxylic acids is 1. The molecule has 0 bridgehead atoms. The molecule has 0 saturated heterocycles. The second kappa shape index (κ2) is 6.91. The average Bonchev–Trinajstić information content (AvgIpc) is 3.19. The van der Waals surface area contributed by atoms with Crippen molar-refractivity contribution in [2.24, 2.45) is 0 Å². The summed E-state index contributed by atoms with van der Waals surface area (Å²) in [6, 6.07) is 7.26. The fourth-order valence-electron chi connectivity index (χ4n) is 2.08. The van der Waals surface area contributed by atoms with Crippen molar-refractivity contribution in [3.05, 3.63) is 59.9 Å². The van der Waals surface area contributed by atoms with Gasteiger partial charge in [0.05, 0.1) is 6.54 Å². The molecule has 2 aromatic heterocycles. The van der Waals surface area contributed by atoms with Gasteiger partial charge in [-0.1, -0.05) is 12.1 Å². The normalized spacial score (nSPS) is 10.6. The molecule has 10 heteroatoms. The quantitative estimate of drug-likeness (QED) is 0.689. The van der Waals surface area contributed by atoms with Crippen LogP contribution in [0.1, 0.15) is 16.1 Å². The van der Waals surface area contributed by atoms with Crippen molar-refractivity contribution in [3.63, 3.8) is 0 Å². The number of hydrogen-bond donors (Lipinski definition) is 2. The predicted octanol–water partition coefficient (Wildman–Crippen LogP) is 0.999. The molecule has 0 aliphatic rings. The number of rotatable bonds is 6. The molecule has 0 atom stereocenters. The van der Waals surface area contributed by atoms with Crippen LogP contribution in [-0.4, -0.2) is 41.5 Å². The predicted molar refractivity (Wildman–Crippen MR) is 83.3 cm³/mol. The third-order valence-corrected chi connectivity index (χ3v) is 3.21. The van der Waals surface area contributed by atoms with Crippen LogP contribution in [0.5, 0.6) is 0 Å². The zero-order valence-electron chi connectivity index (χ0n) is 12.8. The molecule has 0 aliphatic carbocycles. The topological polar surface area (TPSA) is 115 Å². The molecule has 1 amide bonds. The lowest BCUT2D eigenvalue weighted by Crippen LogP contribution is -2.20. The Morgan fingerprint density at radius 2 is 1.88 bits per heavy atom. The minimum atomic E-state index is -1.17. The maximum atomic E-state index is 12.9. The number of nitrogens with one attached hydrogen (secondary N) is 1. The number of halogens is 1. The first-order chi connectivity index (χ1) is 12.0. The molecule has 0 aliphatic heterocycles. The lowest BCUT2D eigenvalue weighted by atomic mass is 10.2. The Bertz CT molecular complexity index is 902. The monoisotopic (exact) mass is 344 g/mol. The number of aromatic carboxylic acids is 1. The molecule has 1 aromatic carbocycles. The number of hydrogen-bond acceptors (Lipinski definition) is 5. The molecule has 25 heavy (non-hydrogen) atoms. The summed E-state index contributed by atoms with van der Waals surface area (Å²) in [7, 11) is 0. The summed E-state index contributed by atoms with van der Waals surface area (Å²) in [5.41, 5.74) is 0.691. The van der Waals surface area contributed by atoms with Crippen molar-refractivity contribution in [1.29, 1.82) is 0 Å². The summed E-state index contributed by atoms with van der Waals surface area (Å²) >= 11 is 0. The van der Waals surface area contributed by atoms with Gasteiger partial charge in [0.25, 0.3) is 0 Å². The van der Waals surface area contributed by atoms with Crippen molar-refractivity contribution in [2.75, 3.05) is 5.32 Å². The molecule has 3 aromatic rings. The molecule has 0 fully saturated rings. The Balaban J connectivity index is 1.57. The maximum Gasteiger partial charge on any atom is 0.356 e. The number of amides is 1. The third-order valence-electron chi connectivity index (χ3n) is 3.21. The van der Waals surface area contributed by atoms with E-state index in [0.717, 1.165) is 5.56 Å². The van der Waals surface area contributed by atoms with Crippen LogP contribution in [-0.2, 0) is 17.9 Å². The van der Waals surface area contributed by atoms with Crippen LogP contribution >= 0.6 is 0 Å². The van der Waals surface area contributed by atoms with E-state index in [1.54, 1.807) is 12.1 Å². The fraction of sp³-hybridized carbons (Fsp3) is 0.133. The first-order valence-corrected chi connectivity index (χ1v) is 7.20. The van der Waals surface area contributed by atoms with Gasteiger partial charge < -0.3 is 5.11 Å². The summed E-state index contributed by atoms with van der Waals surface area (Å²) in [4.78, 5) is 26.6. The molecule has 0 spiro atoms. The van der Waals surface area contributed by atoms with E-state index in [2.05, 4.69) is 20.5 Å². The summed E-state index contributed by atoms with van der Waals surface area (Å²) < 4.78 is 15.6. The SMILES string of the molecule is O=C(Cn1ccc(C(=O)O)n1)Nc1ncn(Cc2ccc(F)cc2)n1. The van der Waals surface area contributed by atoms with Gasteiger partial charge in [-0.25, -0.2) is 18.9 Å². The van der Waals surface area contributed by atoms with Crippen LogP contribution in [0.15, 0.2) is 42.9 Å².